The Hall–Kier alpha value is -1.66. The Morgan fingerprint density at radius 3 is 2.74 bits per heavy atom. The van der Waals surface area contributed by atoms with Crippen molar-refractivity contribution in [1.82, 2.24) is 10.3 Å². The number of alkyl halides is 3. The zero-order valence-corrected chi connectivity index (χ0v) is 10.1. The number of benzene rings is 1. The van der Waals surface area contributed by atoms with Crippen molar-refractivity contribution in [3.8, 4) is 0 Å². The molecule has 0 aliphatic carbocycles. The van der Waals surface area contributed by atoms with E-state index in [1.165, 1.54) is 0 Å². The number of rotatable bonds is 4. The summed E-state index contributed by atoms with van der Waals surface area (Å²) in [4.78, 5) is 4.16. The second kappa shape index (κ2) is 5.54. The number of nitrogens with one attached hydrogen (secondary N) is 1. The molecule has 2 aromatic rings. The van der Waals surface area contributed by atoms with Crippen LogP contribution in [0.3, 0.4) is 0 Å². The molecule has 0 spiro atoms. The van der Waals surface area contributed by atoms with Crippen molar-refractivity contribution in [2.24, 2.45) is 5.73 Å². The fourth-order valence-electron chi connectivity index (χ4n) is 1.89. The summed E-state index contributed by atoms with van der Waals surface area (Å²) in [5.74, 6) is 0. The maximum absolute atomic E-state index is 12.2. The highest BCUT2D eigenvalue weighted by Gasteiger charge is 2.28. The van der Waals surface area contributed by atoms with E-state index in [0.29, 0.717) is 0 Å². The predicted octanol–water partition coefficient (Wildman–Crippen LogP) is 2.39. The summed E-state index contributed by atoms with van der Waals surface area (Å²) >= 11 is 0. The first-order valence-electron chi connectivity index (χ1n) is 5.84. The molecule has 1 unspecified atom stereocenters. The smallest absolute Gasteiger partial charge is 0.329 e. The van der Waals surface area contributed by atoms with Crippen LogP contribution >= 0.6 is 0 Å². The van der Waals surface area contributed by atoms with Gasteiger partial charge < -0.3 is 11.1 Å². The quantitative estimate of drug-likeness (QED) is 0.896. The third kappa shape index (κ3) is 3.65. The molecular weight excluding hydrogens is 255 g/mol. The lowest BCUT2D eigenvalue weighted by molar-refractivity contribution is -0.126. The molecule has 0 saturated carbocycles. The van der Waals surface area contributed by atoms with Gasteiger partial charge in [0, 0.05) is 24.2 Å². The number of halogens is 3. The van der Waals surface area contributed by atoms with Crippen molar-refractivity contribution in [3.05, 3.63) is 42.1 Å². The zero-order valence-electron chi connectivity index (χ0n) is 10.1. The van der Waals surface area contributed by atoms with Crippen molar-refractivity contribution in [1.29, 1.82) is 0 Å². The summed E-state index contributed by atoms with van der Waals surface area (Å²) in [6.07, 6.45) is -2.57. The average molecular weight is 269 g/mol. The molecule has 19 heavy (non-hydrogen) atoms. The second-order valence-electron chi connectivity index (χ2n) is 4.24. The van der Waals surface area contributed by atoms with Gasteiger partial charge in [0.05, 0.1) is 12.1 Å². The Labute approximate surface area is 108 Å². The third-order valence-corrected chi connectivity index (χ3v) is 2.81. The van der Waals surface area contributed by atoms with E-state index in [2.05, 4.69) is 10.3 Å². The van der Waals surface area contributed by atoms with Crippen molar-refractivity contribution in [3.63, 3.8) is 0 Å². The maximum Gasteiger partial charge on any atom is 0.401 e. The first kappa shape index (κ1) is 13.8. The van der Waals surface area contributed by atoms with Crippen LogP contribution in [-0.2, 0) is 0 Å². The summed E-state index contributed by atoms with van der Waals surface area (Å²) in [7, 11) is 0. The number of nitrogens with two attached hydrogens (primary N) is 1. The van der Waals surface area contributed by atoms with Crippen LogP contribution in [0, 0.1) is 0 Å². The molecule has 0 radical (unpaired) electrons. The molecule has 2 rings (SSSR count). The van der Waals surface area contributed by atoms with Crippen LogP contribution in [0.1, 0.15) is 11.6 Å². The molecule has 1 aromatic heterocycles. The van der Waals surface area contributed by atoms with Gasteiger partial charge in [0.2, 0.25) is 0 Å². The summed E-state index contributed by atoms with van der Waals surface area (Å²) < 4.78 is 36.6. The van der Waals surface area contributed by atoms with Crippen LogP contribution in [0.5, 0.6) is 0 Å². The van der Waals surface area contributed by atoms with Gasteiger partial charge in [-0.2, -0.15) is 13.2 Å². The first-order valence-corrected chi connectivity index (χ1v) is 5.84. The van der Waals surface area contributed by atoms with Gasteiger partial charge in [0.15, 0.2) is 0 Å². The first-order chi connectivity index (χ1) is 8.99. The van der Waals surface area contributed by atoms with Gasteiger partial charge in [-0.1, -0.05) is 12.1 Å². The zero-order chi connectivity index (χ0) is 13.9. The molecule has 0 saturated heterocycles. The Bertz CT molecular complexity index is 554. The number of hydrogen-bond acceptors (Lipinski definition) is 3. The van der Waals surface area contributed by atoms with Crippen molar-refractivity contribution >= 4 is 10.9 Å². The molecule has 102 valence electrons. The van der Waals surface area contributed by atoms with E-state index >= 15 is 0 Å². The molecule has 3 nitrogen and oxygen atoms in total. The molecule has 1 atom stereocenters. The predicted molar refractivity (Wildman–Crippen MR) is 67.6 cm³/mol. The molecule has 0 fully saturated rings. The lowest BCUT2D eigenvalue weighted by Gasteiger charge is -2.18. The van der Waals surface area contributed by atoms with Crippen LogP contribution in [0.25, 0.3) is 10.9 Å². The highest BCUT2D eigenvalue weighted by Crippen LogP contribution is 2.20. The van der Waals surface area contributed by atoms with Gasteiger partial charge in [0.25, 0.3) is 0 Å². The van der Waals surface area contributed by atoms with Crippen molar-refractivity contribution < 1.29 is 13.2 Å². The minimum absolute atomic E-state index is 0.0991. The minimum atomic E-state index is -4.24. The molecule has 0 aliphatic rings. The van der Waals surface area contributed by atoms with E-state index in [9.17, 15) is 13.2 Å². The molecule has 0 amide bonds. The van der Waals surface area contributed by atoms with E-state index in [4.69, 9.17) is 5.73 Å². The number of hydrogen-bond donors (Lipinski definition) is 2. The molecule has 1 aromatic carbocycles. The normalized spacial score (nSPS) is 13.7. The Morgan fingerprint density at radius 1 is 1.26 bits per heavy atom. The summed E-state index contributed by atoms with van der Waals surface area (Å²) in [5.41, 5.74) is 7.07. The lowest BCUT2D eigenvalue weighted by Crippen LogP contribution is -2.35. The van der Waals surface area contributed by atoms with E-state index in [-0.39, 0.29) is 6.54 Å². The third-order valence-electron chi connectivity index (χ3n) is 2.81. The highest BCUT2D eigenvalue weighted by molar-refractivity contribution is 5.79. The monoisotopic (exact) mass is 269 g/mol. The van der Waals surface area contributed by atoms with E-state index in [1.807, 2.05) is 12.1 Å². The van der Waals surface area contributed by atoms with Gasteiger partial charge in [-0.05, 0) is 23.8 Å². The Morgan fingerprint density at radius 2 is 2.05 bits per heavy atom. The van der Waals surface area contributed by atoms with Crippen LogP contribution in [0.15, 0.2) is 36.5 Å². The molecule has 0 aliphatic heterocycles. The van der Waals surface area contributed by atoms with Crippen LogP contribution in [-0.4, -0.2) is 24.2 Å². The minimum Gasteiger partial charge on any atom is -0.329 e. The van der Waals surface area contributed by atoms with Crippen molar-refractivity contribution in [2.75, 3.05) is 13.1 Å². The Kier molecular flexibility index (Phi) is 4.01. The van der Waals surface area contributed by atoms with Crippen LogP contribution < -0.4 is 11.1 Å². The number of fused-ring (bicyclic) bond motifs is 1. The Balaban J connectivity index is 2.20. The van der Waals surface area contributed by atoms with Gasteiger partial charge in [-0.25, -0.2) is 0 Å². The standard InChI is InChI=1S/C13H14F3N3/c14-13(15,16)8-19-12(7-17)10-3-4-11-9(6-10)2-1-5-18-11/h1-6,12,19H,7-8,17H2. The SMILES string of the molecule is NCC(NCC(F)(F)F)c1ccc2ncccc2c1. The topological polar surface area (TPSA) is 50.9 Å². The van der Waals surface area contributed by atoms with Gasteiger partial charge in [0.1, 0.15) is 0 Å². The average Bonchev–Trinajstić information content (AvgIpc) is 2.38. The number of pyridine rings is 1. The maximum atomic E-state index is 12.2. The largest absolute Gasteiger partial charge is 0.401 e. The van der Waals surface area contributed by atoms with Gasteiger partial charge in [-0.3, -0.25) is 4.98 Å². The van der Waals surface area contributed by atoms with E-state index < -0.39 is 18.8 Å². The second-order valence-corrected chi connectivity index (χ2v) is 4.24. The number of aromatic nitrogens is 1. The van der Waals surface area contributed by atoms with Gasteiger partial charge in [-0.15, -0.1) is 0 Å². The van der Waals surface area contributed by atoms with Crippen LogP contribution in [0.2, 0.25) is 0 Å². The summed E-state index contributed by atoms with van der Waals surface area (Å²) in [6, 6.07) is 8.46. The molecule has 6 heteroatoms. The fraction of sp³-hybridized carbons (Fsp3) is 0.308. The molecule has 3 N–H and O–H groups in total. The fourth-order valence-corrected chi connectivity index (χ4v) is 1.89. The lowest BCUT2D eigenvalue weighted by atomic mass is 10.0. The number of nitrogens with zero attached hydrogens (tertiary/aromatic N) is 1. The summed E-state index contributed by atoms with van der Waals surface area (Å²) in [5, 5.41) is 3.30. The molecular formula is C13H14F3N3. The molecule has 1 heterocycles. The summed E-state index contributed by atoms with van der Waals surface area (Å²) in [6.45, 7) is -0.957. The van der Waals surface area contributed by atoms with Crippen LogP contribution in [0.4, 0.5) is 13.2 Å². The molecule has 0 bridgehead atoms. The highest BCUT2D eigenvalue weighted by atomic mass is 19.4. The van der Waals surface area contributed by atoms with Gasteiger partial charge >= 0.3 is 6.18 Å². The van der Waals surface area contributed by atoms with E-state index in [0.717, 1.165) is 16.5 Å². The van der Waals surface area contributed by atoms with E-state index in [1.54, 1.807) is 24.4 Å². The van der Waals surface area contributed by atoms with Crippen molar-refractivity contribution in [2.45, 2.75) is 12.2 Å².